The third-order valence-corrected chi connectivity index (χ3v) is 3.29. The van der Waals surface area contributed by atoms with E-state index in [1.165, 1.54) is 20.3 Å². The molecule has 0 aliphatic heterocycles. The molecule has 0 bridgehead atoms. The number of methoxy groups -OCH3 is 2. The van der Waals surface area contributed by atoms with Crippen LogP contribution in [0.2, 0.25) is 0 Å². The van der Waals surface area contributed by atoms with Gasteiger partial charge in [0.05, 0.1) is 32.7 Å². The number of carbonyl (C=O) groups is 3. The van der Waals surface area contributed by atoms with Crippen molar-refractivity contribution in [3.63, 3.8) is 0 Å². The van der Waals surface area contributed by atoms with Crippen LogP contribution in [0, 0.1) is 11.8 Å². The fourth-order valence-electron chi connectivity index (χ4n) is 1.69. The first-order chi connectivity index (χ1) is 12.3. The van der Waals surface area contributed by atoms with Crippen molar-refractivity contribution in [2.45, 2.75) is 46.5 Å². The van der Waals surface area contributed by atoms with Crippen LogP contribution in [-0.4, -0.2) is 45.7 Å². The highest BCUT2D eigenvalue weighted by atomic mass is 19.1. The second-order valence-electron chi connectivity index (χ2n) is 5.49. The number of rotatable bonds is 12. The maximum atomic E-state index is 13.0. The van der Waals surface area contributed by atoms with Crippen molar-refractivity contribution in [2.75, 3.05) is 27.4 Å². The highest BCUT2D eigenvalue weighted by Gasteiger charge is 2.12. The normalized spacial score (nSPS) is 13.1. The fourth-order valence-corrected chi connectivity index (χ4v) is 1.69. The molecule has 152 valence electrons. The van der Waals surface area contributed by atoms with E-state index in [2.05, 4.69) is 19.2 Å². The summed E-state index contributed by atoms with van der Waals surface area (Å²) in [5.74, 6) is -1.30. The summed E-state index contributed by atoms with van der Waals surface area (Å²) in [6.07, 6.45) is 4.22. The Labute approximate surface area is 154 Å². The van der Waals surface area contributed by atoms with Crippen molar-refractivity contribution in [1.82, 2.24) is 0 Å². The van der Waals surface area contributed by atoms with Gasteiger partial charge in [0.2, 0.25) is 0 Å². The molecule has 2 atom stereocenters. The van der Waals surface area contributed by atoms with E-state index in [4.69, 9.17) is 0 Å². The van der Waals surface area contributed by atoms with E-state index in [0.717, 1.165) is 6.29 Å². The smallest absolute Gasteiger partial charge is 0.308 e. The molecule has 0 radical (unpaired) electrons. The van der Waals surface area contributed by atoms with Crippen molar-refractivity contribution >= 4 is 18.2 Å². The number of aldehydes is 1. The van der Waals surface area contributed by atoms with E-state index >= 15 is 0 Å². The first kappa shape index (κ1) is 26.4. The predicted octanol–water partition coefficient (Wildman–Crippen LogP) is 3.17. The van der Waals surface area contributed by atoms with E-state index in [9.17, 15) is 18.8 Å². The molecule has 0 heterocycles. The third kappa shape index (κ3) is 15.7. The molecule has 8 heteroatoms. The van der Waals surface area contributed by atoms with Crippen molar-refractivity contribution in [3.8, 4) is 0 Å². The summed E-state index contributed by atoms with van der Waals surface area (Å²) < 4.78 is 22.0. The van der Waals surface area contributed by atoms with E-state index in [0.29, 0.717) is 32.3 Å². The number of hydrogen-bond acceptors (Lipinski definition) is 7. The van der Waals surface area contributed by atoms with Crippen LogP contribution in [0.1, 0.15) is 46.5 Å². The zero-order chi connectivity index (χ0) is 20.4. The SMILES string of the molecule is CCOOC/C(F)=C\CC[C@@H](C)C(=O)OC.COC(=O)[C@H](C)CCC=O. The maximum absolute atomic E-state index is 13.0. The van der Waals surface area contributed by atoms with Crippen LogP contribution in [0.5, 0.6) is 0 Å². The lowest BCUT2D eigenvalue weighted by Crippen LogP contribution is -2.12. The Bertz CT molecular complexity index is 424. The molecule has 0 fully saturated rings. The average Bonchev–Trinajstić information content (AvgIpc) is 2.65. The summed E-state index contributed by atoms with van der Waals surface area (Å²) in [4.78, 5) is 40.6. The van der Waals surface area contributed by atoms with E-state index in [1.54, 1.807) is 20.8 Å². The highest BCUT2D eigenvalue weighted by molar-refractivity contribution is 5.72. The lowest BCUT2D eigenvalue weighted by atomic mass is 10.1. The van der Waals surface area contributed by atoms with Crippen LogP contribution in [0.3, 0.4) is 0 Å². The van der Waals surface area contributed by atoms with Gasteiger partial charge in [-0.15, -0.1) is 0 Å². The van der Waals surface area contributed by atoms with E-state index in [1.807, 2.05) is 0 Å². The number of hydrogen-bond donors (Lipinski definition) is 0. The molecule has 0 unspecified atom stereocenters. The Hall–Kier alpha value is -1.80. The van der Waals surface area contributed by atoms with E-state index < -0.39 is 5.83 Å². The topological polar surface area (TPSA) is 88.1 Å². The minimum absolute atomic E-state index is 0.157. The number of halogens is 1. The third-order valence-electron chi connectivity index (χ3n) is 3.29. The second-order valence-corrected chi connectivity index (χ2v) is 5.49. The van der Waals surface area contributed by atoms with Gasteiger partial charge in [0.1, 0.15) is 18.7 Å². The summed E-state index contributed by atoms with van der Waals surface area (Å²) in [6, 6.07) is 0. The quantitative estimate of drug-likeness (QED) is 0.169. The molecule has 0 aliphatic rings. The average molecular weight is 378 g/mol. The van der Waals surface area contributed by atoms with Crippen molar-refractivity contribution in [2.24, 2.45) is 11.8 Å². The molecule has 0 amide bonds. The summed E-state index contributed by atoms with van der Waals surface area (Å²) in [6.45, 7) is 5.43. The fraction of sp³-hybridized carbons (Fsp3) is 0.722. The molecule has 0 aliphatic carbocycles. The van der Waals surface area contributed by atoms with Crippen molar-refractivity contribution in [1.29, 1.82) is 0 Å². The molecule has 0 saturated heterocycles. The summed E-state index contributed by atoms with van der Waals surface area (Å²) >= 11 is 0. The largest absolute Gasteiger partial charge is 0.469 e. The number of allylic oxidation sites excluding steroid dienone is 1. The van der Waals surface area contributed by atoms with Crippen molar-refractivity contribution in [3.05, 3.63) is 11.9 Å². The Morgan fingerprint density at radius 3 is 1.88 bits per heavy atom. The standard InChI is InChI=1S/C11H19FO4.C7H12O3/c1-4-15-16-8-10(12)7-5-6-9(2)11(13)14-3;1-6(4-3-5-8)7(9)10-2/h7,9H,4-6,8H2,1-3H3;5-6H,3-4H2,1-2H3/b10-7+;/t9-;6-/m11/s1. The van der Waals surface area contributed by atoms with Crippen LogP contribution in [-0.2, 0) is 33.6 Å². The van der Waals surface area contributed by atoms with Crippen LogP contribution in [0.25, 0.3) is 0 Å². The lowest BCUT2D eigenvalue weighted by molar-refractivity contribution is -0.286. The molecule has 0 spiro atoms. The minimum Gasteiger partial charge on any atom is -0.469 e. The zero-order valence-corrected chi connectivity index (χ0v) is 16.3. The van der Waals surface area contributed by atoms with Gasteiger partial charge in [-0.1, -0.05) is 19.9 Å². The molecule has 0 aromatic heterocycles. The highest BCUT2D eigenvalue weighted by Crippen LogP contribution is 2.10. The zero-order valence-electron chi connectivity index (χ0n) is 16.3. The number of esters is 2. The molecule has 0 rings (SSSR count). The Morgan fingerprint density at radius 2 is 1.46 bits per heavy atom. The van der Waals surface area contributed by atoms with Crippen LogP contribution in [0.4, 0.5) is 4.39 Å². The molecule has 0 aromatic rings. The second kappa shape index (κ2) is 18.0. The summed E-state index contributed by atoms with van der Waals surface area (Å²) in [5.41, 5.74) is 0. The van der Waals surface area contributed by atoms with Gasteiger partial charge in [-0.25, -0.2) is 14.2 Å². The minimum atomic E-state index is -0.398. The first-order valence-corrected chi connectivity index (χ1v) is 8.52. The molecule has 26 heavy (non-hydrogen) atoms. The van der Waals surface area contributed by atoms with Crippen LogP contribution in [0.15, 0.2) is 11.9 Å². The molecule has 0 aromatic carbocycles. The summed E-state index contributed by atoms with van der Waals surface area (Å²) in [7, 11) is 2.69. The van der Waals surface area contributed by atoms with Gasteiger partial charge < -0.3 is 14.3 Å². The van der Waals surface area contributed by atoms with Gasteiger partial charge in [0.15, 0.2) is 0 Å². The van der Waals surface area contributed by atoms with Gasteiger partial charge in [-0.3, -0.25) is 9.59 Å². The summed E-state index contributed by atoms with van der Waals surface area (Å²) in [5, 5.41) is 0. The number of carbonyl (C=O) groups excluding carboxylic acids is 3. The lowest BCUT2D eigenvalue weighted by Gasteiger charge is -2.06. The van der Waals surface area contributed by atoms with Crippen LogP contribution < -0.4 is 0 Å². The predicted molar refractivity (Wildman–Crippen MR) is 93.7 cm³/mol. The monoisotopic (exact) mass is 378 g/mol. The maximum Gasteiger partial charge on any atom is 0.308 e. The first-order valence-electron chi connectivity index (χ1n) is 8.52. The number of ether oxygens (including phenoxy) is 2. The Kier molecular flexibility index (Phi) is 18.3. The van der Waals surface area contributed by atoms with Gasteiger partial charge in [-0.2, -0.15) is 0 Å². The van der Waals surface area contributed by atoms with Crippen LogP contribution >= 0.6 is 0 Å². The van der Waals surface area contributed by atoms with E-state index in [-0.39, 0.29) is 30.4 Å². The molecule has 0 saturated carbocycles. The molecular weight excluding hydrogens is 347 g/mol. The molecule has 7 nitrogen and oxygen atoms in total. The van der Waals surface area contributed by atoms with Gasteiger partial charge in [0, 0.05) is 6.42 Å². The Balaban J connectivity index is 0. The van der Waals surface area contributed by atoms with Gasteiger partial charge >= 0.3 is 11.9 Å². The molecular formula is C18H31FO7. The Morgan fingerprint density at radius 1 is 0.962 bits per heavy atom. The van der Waals surface area contributed by atoms with Gasteiger partial charge in [0.25, 0.3) is 0 Å². The molecule has 0 N–H and O–H groups in total. The van der Waals surface area contributed by atoms with Gasteiger partial charge in [-0.05, 0) is 26.2 Å². The van der Waals surface area contributed by atoms with Crippen molar-refractivity contribution < 1.29 is 38.0 Å².